The highest BCUT2D eigenvalue weighted by Crippen LogP contribution is 2.12. The Bertz CT molecular complexity index is 712. The van der Waals surface area contributed by atoms with E-state index in [1.165, 1.54) is 18.2 Å². The van der Waals surface area contributed by atoms with Crippen LogP contribution in [0.15, 0.2) is 29.2 Å². The Labute approximate surface area is 134 Å². The molecule has 0 saturated heterocycles. The maximum absolute atomic E-state index is 11.8. The van der Waals surface area contributed by atoms with Gasteiger partial charge in [-0.05, 0) is 32.0 Å². The lowest BCUT2D eigenvalue weighted by Crippen LogP contribution is -2.44. The van der Waals surface area contributed by atoms with Gasteiger partial charge in [-0.3, -0.25) is 10.1 Å². The van der Waals surface area contributed by atoms with Gasteiger partial charge >= 0.3 is 12.0 Å². The van der Waals surface area contributed by atoms with Crippen LogP contribution in [0.5, 0.6) is 0 Å². The highest BCUT2D eigenvalue weighted by atomic mass is 32.2. The number of urea groups is 1. The maximum atomic E-state index is 11.8. The standard InChI is InChI=1S/C14H18N2O6S/c1-9(2)15-14(19)16-12(17)8-22-13(18)10-5-4-6-11(7-10)23(3,20)21/h4-7,9H,8H2,1-3H3,(H2,15,16,17,19). The summed E-state index contributed by atoms with van der Waals surface area (Å²) in [6.45, 7) is 2.78. The van der Waals surface area contributed by atoms with Crippen LogP contribution in [0.4, 0.5) is 4.79 Å². The summed E-state index contributed by atoms with van der Waals surface area (Å²) in [6, 6.07) is 4.41. The second kappa shape index (κ2) is 7.73. The predicted molar refractivity (Wildman–Crippen MR) is 81.6 cm³/mol. The van der Waals surface area contributed by atoms with Crippen molar-refractivity contribution in [2.75, 3.05) is 12.9 Å². The SMILES string of the molecule is CC(C)NC(=O)NC(=O)COC(=O)c1cccc(S(C)(=O)=O)c1. The Morgan fingerprint density at radius 3 is 2.43 bits per heavy atom. The van der Waals surface area contributed by atoms with Gasteiger partial charge in [0.05, 0.1) is 10.5 Å². The van der Waals surface area contributed by atoms with Crippen molar-refractivity contribution in [3.8, 4) is 0 Å². The molecule has 0 spiro atoms. The number of carbonyl (C=O) groups excluding carboxylic acids is 3. The first-order valence-electron chi connectivity index (χ1n) is 6.67. The van der Waals surface area contributed by atoms with Gasteiger partial charge in [-0.1, -0.05) is 6.07 Å². The quantitative estimate of drug-likeness (QED) is 0.751. The zero-order valence-electron chi connectivity index (χ0n) is 13.0. The molecule has 1 rings (SSSR count). The van der Waals surface area contributed by atoms with Crippen molar-refractivity contribution in [2.24, 2.45) is 0 Å². The number of benzene rings is 1. The van der Waals surface area contributed by atoms with Crippen LogP contribution < -0.4 is 10.6 Å². The van der Waals surface area contributed by atoms with Crippen molar-refractivity contribution in [3.05, 3.63) is 29.8 Å². The average molecular weight is 342 g/mol. The van der Waals surface area contributed by atoms with Crippen molar-refractivity contribution in [2.45, 2.75) is 24.8 Å². The van der Waals surface area contributed by atoms with E-state index >= 15 is 0 Å². The fourth-order valence-electron chi connectivity index (χ4n) is 1.53. The number of amides is 3. The number of ether oxygens (including phenoxy) is 1. The molecular weight excluding hydrogens is 324 g/mol. The minimum Gasteiger partial charge on any atom is -0.452 e. The zero-order chi connectivity index (χ0) is 17.6. The van der Waals surface area contributed by atoms with Gasteiger partial charge in [0, 0.05) is 12.3 Å². The highest BCUT2D eigenvalue weighted by Gasteiger charge is 2.15. The molecule has 0 unspecified atom stereocenters. The molecule has 0 atom stereocenters. The van der Waals surface area contributed by atoms with Crippen LogP contribution in [0.1, 0.15) is 24.2 Å². The average Bonchev–Trinajstić information content (AvgIpc) is 2.43. The number of sulfone groups is 1. The lowest BCUT2D eigenvalue weighted by molar-refractivity contribution is -0.123. The van der Waals surface area contributed by atoms with Crippen LogP contribution in [0.2, 0.25) is 0 Å². The molecule has 9 heteroatoms. The Kier molecular flexibility index (Phi) is 6.26. The number of esters is 1. The molecule has 1 aromatic carbocycles. The van der Waals surface area contributed by atoms with E-state index < -0.39 is 34.4 Å². The molecule has 0 heterocycles. The van der Waals surface area contributed by atoms with Crippen molar-refractivity contribution in [3.63, 3.8) is 0 Å². The van der Waals surface area contributed by atoms with Crippen molar-refractivity contribution in [1.29, 1.82) is 0 Å². The van der Waals surface area contributed by atoms with Gasteiger partial charge in [-0.2, -0.15) is 0 Å². The van der Waals surface area contributed by atoms with E-state index in [4.69, 9.17) is 4.74 Å². The Balaban J connectivity index is 2.61. The molecule has 0 aliphatic rings. The minimum atomic E-state index is -3.46. The normalized spacial score (nSPS) is 11.0. The number of hydrogen-bond donors (Lipinski definition) is 2. The predicted octanol–water partition coefficient (Wildman–Crippen LogP) is 0.481. The molecule has 23 heavy (non-hydrogen) atoms. The van der Waals surface area contributed by atoms with E-state index in [0.717, 1.165) is 12.3 Å². The summed E-state index contributed by atoms with van der Waals surface area (Å²) in [5.74, 6) is -1.66. The molecule has 0 aliphatic heterocycles. The van der Waals surface area contributed by atoms with E-state index in [0.29, 0.717) is 0 Å². The zero-order valence-corrected chi connectivity index (χ0v) is 13.8. The second-order valence-electron chi connectivity index (χ2n) is 5.05. The largest absolute Gasteiger partial charge is 0.452 e. The van der Waals surface area contributed by atoms with Gasteiger partial charge in [0.2, 0.25) is 0 Å². The van der Waals surface area contributed by atoms with Crippen LogP contribution in [-0.2, 0) is 19.4 Å². The number of imide groups is 1. The molecule has 0 aromatic heterocycles. The molecule has 0 fully saturated rings. The first kappa shape index (κ1) is 18.6. The van der Waals surface area contributed by atoms with Crippen LogP contribution in [0, 0.1) is 0 Å². The van der Waals surface area contributed by atoms with Gasteiger partial charge in [-0.15, -0.1) is 0 Å². The molecule has 2 N–H and O–H groups in total. The summed E-state index contributed by atoms with van der Waals surface area (Å²) in [5.41, 5.74) is -0.00708. The highest BCUT2D eigenvalue weighted by molar-refractivity contribution is 7.90. The van der Waals surface area contributed by atoms with Crippen molar-refractivity contribution < 1.29 is 27.5 Å². The first-order chi connectivity index (χ1) is 10.6. The van der Waals surface area contributed by atoms with Gasteiger partial charge in [-0.25, -0.2) is 18.0 Å². The van der Waals surface area contributed by atoms with Crippen molar-refractivity contribution >= 4 is 27.7 Å². The fourth-order valence-corrected chi connectivity index (χ4v) is 2.20. The van der Waals surface area contributed by atoms with E-state index in [-0.39, 0.29) is 16.5 Å². The molecule has 0 bridgehead atoms. The first-order valence-corrected chi connectivity index (χ1v) is 8.56. The number of nitrogens with one attached hydrogen (secondary N) is 2. The van der Waals surface area contributed by atoms with Crippen LogP contribution in [0.3, 0.4) is 0 Å². The monoisotopic (exact) mass is 342 g/mol. The van der Waals surface area contributed by atoms with Gasteiger partial charge < -0.3 is 10.1 Å². The number of hydrogen-bond acceptors (Lipinski definition) is 6. The molecule has 8 nitrogen and oxygen atoms in total. The van der Waals surface area contributed by atoms with E-state index in [1.54, 1.807) is 13.8 Å². The summed E-state index contributed by atoms with van der Waals surface area (Å²) in [6.07, 6.45) is 1.01. The van der Waals surface area contributed by atoms with E-state index in [2.05, 4.69) is 5.32 Å². The summed E-state index contributed by atoms with van der Waals surface area (Å²) >= 11 is 0. The van der Waals surface area contributed by atoms with Crippen LogP contribution in [-0.4, -0.2) is 45.2 Å². The van der Waals surface area contributed by atoms with E-state index in [1.807, 2.05) is 5.32 Å². The molecular formula is C14H18N2O6S. The molecule has 1 aromatic rings. The molecule has 3 amide bonds. The Morgan fingerprint density at radius 1 is 1.22 bits per heavy atom. The summed E-state index contributed by atoms with van der Waals surface area (Å²) in [5, 5.41) is 4.43. The number of carbonyl (C=O) groups is 3. The molecule has 0 radical (unpaired) electrons. The van der Waals surface area contributed by atoms with Gasteiger partial charge in [0.15, 0.2) is 16.4 Å². The lowest BCUT2D eigenvalue weighted by atomic mass is 10.2. The fraction of sp³-hybridized carbons (Fsp3) is 0.357. The third kappa shape index (κ3) is 6.47. The molecule has 0 aliphatic carbocycles. The Hall–Kier alpha value is -2.42. The molecule has 126 valence electrons. The summed E-state index contributed by atoms with van der Waals surface area (Å²) < 4.78 is 27.6. The third-order valence-corrected chi connectivity index (χ3v) is 3.62. The molecule has 0 saturated carbocycles. The topological polar surface area (TPSA) is 119 Å². The van der Waals surface area contributed by atoms with Gasteiger partial charge in [0.1, 0.15) is 0 Å². The van der Waals surface area contributed by atoms with E-state index in [9.17, 15) is 22.8 Å². The summed E-state index contributed by atoms with van der Waals surface area (Å²) in [4.78, 5) is 34.5. The maximum Gasteiger partial charge on any atom is 0.338 e. The second-order valence-corrected chi connectivity index (χ2v) is 7.07. The Morgan fingerprint density at radius 2 is 1.87 bits per heavy atom. The minimum absolute atomic E-state index is 0.00708. The third-order valence-electron chi connectivity index (χ3n) is 2.50. The summed E-state index contributed by atoms with van der Waals surface area (Å²) in [7, 11) is -3.46. The van der Waals surface area contributed by atoms with Crippen LogP contribution >= 0.6 is 0 Å². The van der Waals surface area contributed by atoms with Crippen LogP contribution in [0.25, 0.3) is 0 Å². The number of rotatable bonds is 5. The van der Waals surface area contributed by atoms with Crippen molar-refractivity contribution in [1.82, 2.24) is 10.6 Å². The van der Waals surface area contributed by atoms with Gasteiger partial charge in [0.25, 0.3) is 5.91 Å². The lowest BCUT2D eigenvalue weighted by Gasteiger charge is -2.09. The smallest absolute Gasteiger partial charge is 0.338 e.